The van der Waals surface area contributed by atoms with Gasteiger partial charge in [0.2, 0.25) is 0 Å². The molecule has 3 aromatic carbocycles. The number of benzene rings is 3. The van der Waals surface area contributed by atoms with Gasteiger partial charge in [-0.3, -0.25) is 4.79 Å². The first-order chi connectivity index (χ1) is 15.5. The minimum atomic E-state index is -0.205. The second kappa shape index (κ2) is 9.52. The second-order valence-corrected chi connectivity index (χ2v) is 8.51. The Bertz CT molecular complexity index is 1360. The van der Waals surface area contributed by atoms with Crippen molar-refractivity contribution in [2.75, 3.05) is 7.11 Å². The maximum atomic E-state index is 12.8. The lowest BCUT2D eigenvalue weighted by Gasteiger charge is -2.14. The molecule has 0 fully saturated rings. The topological polar surface area (TPSA) is 65.7 Å². The van der Waals surface area contributed by atoms with E-state index in [9.17, 15) is 4.79 Å². The van der Waals surface area contributed by atoms with Gasteiger partial charge < -0.3 is 9.47 Å². The smallest absolute Gasteiger partial charge is 0.282 e. The van der Waals surface area contributed by atoms with Crippen molar-refractivity contribution in [1.82, 2.24) is 9.66 Å². The average molecular weight is 539 g/mol. The predicted molar refractivity (Wildman–Crippen MR) is 135 cm³/mol. The van der Waals surface area contributed by atoms with Crippen molar-refractivity contribution in [2.24, 2.45) is 5.10 Å². The van der Waals surface area contributed by atoms with Gasteiger partial charge in [0.1, 0.15) is 12.4 Å². The van der Waals surface area contributed by atoms with E-state index in [0.717, 1.165) is 14.7 Å². The van der Waals surface area contributed by atoms with Crippen LogP contribution in [-0.2, 0) is 6.61 Å². The van der Waals surface area contributed by atoms with E-state index in [0.29, 0.717) is 34.8 Å². The fourth-order valence-electron chi connectivity index (χ4n) is 3.29. The number of hydrogen-bond donors (Lipinski definition) is 0. The lowest BCUT2D eigenvalue weighted by atomic mass is 10.2. The van der Waals surface area contributed by atoms with Crippen LogP contribution in [0.25, 0.3) is 10.9 Å². The first-order valence-corrected chi connectivity index (χ1v) is 11.1. The van der Waals surface area contributed by atoms with Gasteiger partial charge in [0.15, 0.2) is 11.5 Å². The van der Waals surface area contributed by atoms with Crippen molar-refractivity contribution >= 4 is 39.7 Å². The molecule has 4 aromatic rings. The maximum Gasteiger partial charge on any atom is 0.282 e. The highest BCUT2D eigenvalue weighted by molar-refractivity contribution is 14.1. The Morgan fingerprint density at radius 3 is 2.59 bits per heavy atom. The normalized spacial score (nSPS) is 11.2. The summed E-state index contributed by atoms with van der Waals surface area (Å²) in [7, 11) is 1.60. The number of aromatic nitrogens is 2. The SMILES string of the molecule is COc1cc(/C=N\n2c(C)nc3ccccc3c2=O)cc(I)c1OCc1ccc(C)cc1. The zero-order chi connectivity index (χ0) is 22.7. The Morgan fingerprint density at radius 2 is 1.84 bits per heavy atom. The standard InChI is InChI=1S/C25H22IN3O3/c1-16-8-10-18(11-9-16)15-32-24-21(26)12-19(13-23(24)31-3)14-27-29-17(2)28-22-7-5-4-6-20(22)25(29)30/h4-14H,15H2,1-3H3/b27-14-. The van der Waals surface area contributed by atoms with E-state index in [2.05, 4.69) is 51.7 Å². The number of hydrogen-bond acceptors (Lipinski definition) is 5. The van der Waals surface area contributed by atoms with E-state index >= 15 is 0 Å². The molecule has 1 aromatic heterocycles. The molecule has 0 unspecified atom stereocenters. The van der Waals surface area contributed by atoms with Crippen LogP contribution in [0.5, 0.6) is 11.5 Å². The molecule has 6 nitrogen and oxygen atoms in total. The summed E-state index contributed by atoms with van der Waals surface area (Å²) in [5.74, 6) is 1.79. The van der Waals surface area contributed by atoms with Gasteiger partial charge >= 0.3 is 0 Å². The third-order valence-corrected chi connectivity index (χ3v) is 5.79. The van der Waals surface area contributed by atoms with Gasteiger partial charge in [-0.15, -0.1) is 0 Å². The van der Waals surface area contributed by atoms with Crippen LogP contribution < -0.4 is 15.0 Å². The highest BCUT2D eigenvalue weighted by Gasteiger charge is 2.12. The number of ether oxygens (including phenoxy) is 2. The molecular formula is C25H22IN3O3. The predicted octanol–water partition coefficient (Wildman–Crippen LogP) is 5.09. The molecule has 0 aliphatic carbocycles. The average Bonchev–Trinajstić information content (AvgIpc) is 2.79. The number of nitrogens with zero attached hydrogens (tertiary/aromatic N) is 3. The highest BCUT2D eigenvalue weighted by Crippen LogP contribution is 2.34. The maximum absolute atomic E-state index is 12.8. The molecule has 32 heavy (non-hydrogen) atoms. The molecule has 0 aliphatic rings. The summed E-state index contributed by atoms with van der Waals surface area (Å²) in [4.78, 5) is 17.3. The fraction of sp³-hybridized carbons (Fsp3) is 0.160. The zero-order valence-electron chi connectivity index (χ0n) is 18.0. The van der Waals surface area contributed by atoms with Gasteiger partial charge in [0.25, 0.3) is 5.56 Å². The lowest BCUT2D eigenvalue weighted by molar-refractivity contribution is 0.282. The Hall–Kier alpha value is -3.20. The third kappa shape index (κ3) is 4.67. The number of halogens is 1. The Kier molecular flexibility index (Phi) is 6.55. The molecule has 0 N–H and O–H groups in total. The first kappa shape index (κ1) is 22.0. The molecule has 0 aliphatic heterocycles. The third-order valence-electron chi connectivity index (χ3n) is 4.99. The molecule has 0 saturated carbocycles. The van der Waals surface area contributed by atoms with Crippen molar-refractivity contribution in [2.45, 2.75) is 20.5 Å². The van der Waals surface area contributed by atoms with Gasteiger partial charge in [-0.05, 0) is 71.8 Å². The van der Waals surface area contributed by atoms with E-state index in [1.807, 2.05) is 42.5 Å². The number of para-hydroxylation sites is 1. The Morgan fingerprint density at radius 1 is 1.09 bits per heavy atom. The van der Waals surface area contributed by atoms with E-state index in [-0.39, 0.29) is 5.56 Å². The summed E-state index contributed by atoms with van der Waals surface area (Å²) in [6.45, 7) is 4.26. The first-order valence-electron chi connectivity index (χ1n) is 10.0. The molecule has 4 rings (SSSR count). The monoisotopic (exact) mass is 539 g/mol. The van der Waals surface area contributed by atoms with Gasteiger partial charge in [0, 0.05) is 0 Å². The van der Waals surface area contributed by atoms with Crippen molar-refractivity contribution in [3.63, 3.8) is 0 Å². The van der Waals surface area contributed by atoms with Crippen LogP contribution in [0.1, 0.15) is 22.5 Å². The minimum Gasteiger partial charge on any atom is -0.493 e. The molecule has 0 bridgehead atoms. The summed E-state index contributed by atoms with van der Waals surface area (Å²) in [6, 6.07) is 19.2. The summed E-state index contributed by atoms with van der Waals surface area (Å²) in [6.07, 6.45) is 1.62. The Balaban J connectivity index is 1.62. The van der Waals surface area contributed by atoms with Gasteiger partial charge in [-0.1, -0.05) is 42.0 Å². The van der Waals surface area contributed by atoms with E-state index < -0.39 is 0 Å². The van der Waals surface area contributed by atoms with Crippen molar-refractivity contribution in [3.05, 3.63) is 97.1 Å². The van der Waals surface area contributed by atoms with Crippen LogP contribution in [0.4, 0.5) is 0 Å². The lowest BCUT2D eigenvalue weighted by Crippen LogP contribution is -2.20. The van der Waals surface area contributed by atoms with Gasteiger partial charge in [-0.2, -0.15) is 9.78 Å². The zero-order valence-corrected chi connectivity index (χ0v) is 20.2. The van der Waals surface area contributed by atoms with Crippen LogP contribution in [-0.4, -0.2) is 23.0 Å². The van der Waals surface area contributed by atoms with Crippen LogP contribution >= 0.6 is 22.6 Å². The van der Waals surface area contributed by atoms with E-state index in [4.69, 9.17) is 9.47 Å². The van der Waals surface area contributed by atoms with Crippen molar-refractivity contribution in [3.8, 4) is 11.5 Å². The van der Waals surface area contributed by atoms with Crippen LogP contribution in [0, 0.1) is 17.4 Å². The molecule has 162 valence electrons. The van der Waals surface area contributed by atoms with Crippen LogP contribution in [0.3, 0.4) is 0 Å². The van der Waals surface area contributed by atoms with Crippen LogP contribution in [0.2, 0.25) is 0 Å². The molecule has 1 heterocycles. The highest BCUT2D eigenvalue weighted by atomic mass is 127. The van der Waals surface area contributed by atoms with E-state index in [1.54, 1.807) is 26.3 Å². The number of methoxy groups -OCH3 is 1. The molecule has 0 atom stereocenters. The largest absolute Gasteiger partial charge is 0.493 e. The Labute approximate surface area is 199 Å². The number of rotatable bonds is 6. The molecule has 0 amide bonds. The number of aryl methyl sites for hydroxylation is 2. The van der Waals surface area contributed by atoms with E-state index in [1.165, 1.54) is 10.2 Å². The summed E-state index contributed by atoms with van der Waals surface area (Å²) in [5, 5.41) is 4.92. The molecule has 7 heteroatoms. The van der Waals surface area contributed by atoms with Crippen molar-refractivity contribution in [1.29, 1.82) is 0 Å². The second-order valence-electron chi connectivity index (χ2n) is 7.35. The molecule has 0 saturated heterocycles. The molecular weight excluding hydrogens is 517 g/mol. The summed E-state index contributed by atoms with van der Waals surface area (Å²) < 4.78 is 13.8. The minimum absolute atomic E-state index is 0.205. The van der Waals surface area contributed by atoms with Crippen molar-refractivity contribution < 1.29 is 9.47 Å². The quantitative estimate of drug-likeness (QED) is 0.253. The summed E-state index contributed by atoms with van der Waals surface area (Å²) in [5.41, 5.74) is 3.53. The molecule has 0 radical (unpaired) electrons. The summed E-state index contributed by atoms with van der Waals surface area (Å²) >= 11 is 2.21. The van der Waals surface area contributed by atoms with Gasteiger partial charge in [-0.25, -0.2) is 4.98 Å². The fourth-order valence-corrected chi connectivity index (χ4v) is 4.07. The molecule has 0 spiro atoms. The van der Waals surface area contributed by atoms with Crippen LogP contribution in [0.15, 0.2) is 70.6 Å². The van der Waals surface area contributed by atoms with Gasteiger partial charge in [0.05, 0.1) is 27.8 Å². The number of fused-ring (bicyclic) bond motifs is 1.